The highest BCUT2D eigenvalue weighted by molar-refractivity contribution is 7.93. The molecule has 2 N–H and O–H groups in total. The molecule has 0 unspecified atom stereocenters. The minimum Gasteiger partial charge on any atom is -0.351 e. The van der Waals surface area contributed by atoms with E-state index in [-0.39, 0.29) is 54.6 Å². The van der Waals surface area contributed by atoms with E-state index >= 15 is 4.39 Å². The number of anilines is 2. The van der Waals surface area contributed by atoms with Crippen LogP contribution in [0.4, 0.5) is 16.0 Å². The first-order chi connectivity index (χ1) is 21.3. The molecule has 2 aromatic carbocycles. The van der Waals surface area contributed by atoms with E-state index in [4.69, 9.17) is 33.2 Å². The van der Waals surface area contributed by atoms with E-state index in [0.717, 1.165) is 37.1 Å². The van der Waals surface area contributed by atoms with E-state index in [9.17, 15) is 16.8 Å². The molecule has 1 aliphatic heterocycles. The largest absolute Gasteiger partial charge is 0.351 e. The van der Waals surface area contributed by atoms with Crippen molar-refractivity contribution in [2.45, 2.75) is 48.5 Å². The fraction of sp³-hybridized carbons (Fsp3) is 0.367. The highest BCUT2D eigenvalue weighted by Crippen LogP contribution is 2.66. The molecule has 15 heteroatoms. The number of sulfone groups is 1. The number of halogens is 3. The van der Waals surface area contributed by atoms with Crippen molar-refractivity contribution in [2.24, 2.45) is 11.3 Å². The fourth-order valence-corrected chi connectivity index (χ4v) is 13.0. The van der Waals surface area contributed by atoms with Gasteiger partial charge in [-0.1, -0.05) is 35.3 Å². The zero-order chi connectivity index (χ0) is 31.4. The first-order valence-corrected chi connectivity index (χ1v) is 19.3. The van der Waals surface area contributed by atoms with Crippen LogP contribution in [0.2, 0.25) is 10.0 Å². The summed E-state index contributed by atoms with van der Waals surface area (Å²) in [6.45, 7) is 0. The summed E-state index contributed by atoms with van der Waals surface area (Å²) >= 11 is 13.8. The first-order valence-electron chi connectivity index (χ1n) is 14.4. The fourth-order valence-electron chi connectivity index (χ4n) is 7.32. The zero-order valence-corrected chi connectivity index (χ0v) is 27.5. The van der Waals surface area contributed by atoms with Crippen LogP contribution in [0.15, 0.2) is 53.6 Å². The van der Waals surface area contributed by atoms with Crippen LogP contribution in [0.3, 0.4) is 0 Å². The van der Waals surface area contributed by atoms with Gasteiger partial charge in [0.15, 0.2) is 15.7 Å². The summed E-state index contributed by atoms with van der Waals surface area (Å²) in [4.78, 5) is 14.4. The average Bonchev–Trinajstić information content (AvgIpc) is 3.30. The number of nitrogens with one attached hydrogen (secondary N) is 2. The van der Waals surface area contributed by atoms with Gasteiger partial charge in [0.2, 0.25) is 5.95 Å². The highest BCUT2D eigenvalue weighted by atomic mass is 35.5. The van der Waals surface area contributed by atoms with Gasteiger partial charge in [-0.2, -0.15) is 0 Å². The lowest BCUT2D eigenvalue weighted by Gasteiger charge is -2.60. The van der Waals surface area contributed by atoms with Gasteiger partial charge in [-0.3, -0.25) is 4.72 Å². The van der Waals surface area contributed by atoms with E-state index in [1.54, 1.807) is 24.4 Å². The second kappa shape index (κ2) is 10.1. The number of hydrogen-bond acceptors (Lipinski definition) is 9. The lowest BCUT2D eigenvalue weighted by Crippen LogP contribution is -2.60. The molecule has 0 amide bonds. The Labute approximate surface area is 273 Å². The zero-order valence-electron chi connectivity index (χ0n) is 23.6. The molecular weight excluding hydrogens is 680 g/mol. The van der Waals surface area contributed by atoms with Gasteiger partial charge in [-0.15, -0.1) is 11.3 Å². The molecule has 5 aliphatic rings. The van der Waals surface area contributed by atoms with Crippen LogP contribution >= 0.6 is 34.5 Å². The molecule has 0 atom stereocenters. The van der Waals surface area contributed by atoms with Gasteiger partial charge in [-0.05, 0) is 68.4 Å². The molecule has 1 saturated heterocycles. The van der Waals surface area contributed by atoms with Crippen LogP contribution in [-0.2, 0) is 25.3 Å². The van der Waals surface area contributed by atoms with Gasteiger partial charge in [0, 0.05) is 28.6 Å². The van der Waals surface area contributed by atoms with Crippen molar-refractivity contribution in [1.82, 2.24) is 15.0 Å². The second-order valence-electron chi connectivity index (χ2n) is 12.8. The van der Waals surface area contributed by atoms with Crippen LogP contribution in [0.25, 0.3) is 21.8 Å². The van der Waals surface area contributed by atoms with E-state index in [0.29, 0.717) is 28.1 Å². The van der Waals surface area contributed by atoms with Crippen LogP contribution in [0.5, 0.6) is 0 Å². The van der Waals surface area contributed by atoms with Crippen molar-refractivity contribution in [1.29, 1.82) is 0 Å². The average molecular weight is 707 g/mol. The maximum atomic E-state index is 16.3. The lowest BCUT2D eigenvalue weighted by molar-refractivity contribution is -0.0274. The van der Waals surface area contributed by atoms with Crippen molar-refractivity contribution >= 4 is 66.0 Å². The monoisotopic (exact) mass is 705 g/mol. The summed E-state index contributed by atoms with van der Waals surface area (Å²) in [5.41, 5.74) is 0.669. The van der Waals surface area contributed by atoms with E-state index in [1.807, 2.05) is 0 Å². The van der Waals surface area contributed by atoms with Gasteiger partial charge in [-0.25, -0.2) is 36.2 Å². The standard InChI is InChI=1S/C30H26Cl2FN5O4S3/c31-19-4-2-5-20(32)26(19)45(41,42)38-21-6-1-3-18(23(21)33)24-25(43-27(37-24)30-9-16(10-30)11-30)22-7-8-34-28(36-22)35-17-12-29(13-17)14-44(39,40)15-29/h1-8,16-17,38H,9-15H2,(H,34,35,36). The Morgan fingerprint density at radius 3 is 2.29 bits per heavy atom. The third-order valence-electron chi connectivity index (χ3n) is 9.44. The Bertz CT molecular complexity index is 2070. The number of thiazole rings is 1. The molecule has 4 aromatic rings. The Kier molecular flexibility index (Phi) is 6.62. The summed E-state index contributed by atoms with van der Waals surface area (Å²) < 4.78 is 68.5. The van der Waals surface area contributed by atoms with Crippen LogP contribution < -0.4 is 10.0 Å². The number of nitrogens with zero attached hydrogens (tertiary/aromatic N) is 3. The predicted octanol–water partition coefficient (Wildman–Crippen LogP) is 6.55. The molecule has 45 heavy (non-hydrogen) atoms. The maximum Gasteiger partial charge on any atom is 0.264 e. The van der Waals surface area contributed by atoms with Crippen LogP contribution in [0, 0.1) is 17.2 Å². The van der Waals surface area contributed by atoms with Gasteiger partial charge in [0.05, 0.1) is 43.5 Å². The van der Waals surface area contributed by atoms with Gasteiger partial charge in [0.1, 0.15) is 9.90 Å². The molecule has 2 bridgehead atoms. The van der Waals surface area contributed by atoms with E-state index in [2.05, 4.69) is 15.0 Å². The van der Waals surface area contributed by atoms with Crippen molar-refractivity contribution in [2.75, 3.05) is 21.5 Å². The summed E-state index contributed by atoms with van der Waals surface area (Å²) in [6, 6.07) is 10.6. The number of hydrogen-bond donors (Lipinski definition) is 2. The highest BCUT2D eigenvalue weighted by Gasteiger charge is 2.59. The van der Waals surface area contributed by atoms with Crippen molar-refractivity contribution in [3.8, 4) is 21.8 Å². The molecule has 3 heterocycles. The molecule has 2 aromatic heterocycles. The molecule has 4 aliphatic carbocycles. The van der Waals surface area contributed by atoms with E-state index in [1.165, 1.54) is 35.6 Å². The van der Waals surface area contributed by atoms with Crippen molar-refractivity contribution in [3.63, 3.8) is 0 Å². The third kappa shape index (κ3) is 4.93. The number of rotatable bonds is 8. The molecular formula is C30H26Cl2FN5O4S3. The maximum absolute atomic E-state index is 16.3. The molecule has 9 nitrogen and oxygen atoms in total. The molecule has 4 saturated carbocycles. The summed E-state index contributed by atoms with van der Waals surface area (Å²) in [7, 11) is -7.23. The minimum atomic E-state index is -4.33. The first kappa shape index (κ1) is 29.6. The molecule has 1 spiro atoms. The Morgan fingerprint density at radius 1 is 0.956 bits per heavy atom. The van der Waals surface area contributed by atoms with Crippen LogP contribution in [0.1, 0.15) is 37.1 Å². The Hall–Kier alpha value is -2.84. The third-order valence-corrected chi connectivity index (χ3v) is 15.2. The molecule has 9 rings (SSSR count). The number of aromatic nitrogens is 3. The number of sulfonamides is 1. The molecule has 0 radical (unpaired) electrons. The quantitative estimate of drug-likeness (QED) is 0.211. The van der Waals surface area contributed by atoms with Gasteiger partial charge in [0.25, 0.3) is 10.0 Å². The van der Waals surface area contributed by atoms with Gasteiger partial charge >= 0.3 is 0 Å². The van der Waals surface area contributed by atoms with Crippen LogP contribution in [-0.4, -0.2) is 49.3 Å². The van der Waals surface area contributed by atoms with Crippen molar-refractivity contribution in [3.05, 3.63) is 69.5 Å². The normalized spacial score (nSPS) is 24.2. The minimum absolute atomic E-state index is 0.00369. The topological polar surface area (TPSA) is 131 Å². The van der Waals surface area contributed by atoms with E-state index < -0.39 is 25.7 Å². The Balaban J connectivity index is 1.13. The van der Waals surface area contributed by atoms with Crippen molar-refractivity contribution < 1.29 is 21.2 Å². The summed E-state index contributed by atoms with van der Waals surface area (Å²) in [5, 5.41) is 4.08. The lowest BCUT2D eigenvalue weighted by atomic mass is 9.45. The Morgan fingerprint density at radius 2 is 1.64 bits per heavy atom. The smallest absolute Gasteiger partial charge is 0.264 e. The van der Waals surface area contributed by atoms with Gasteiger partial charge < -0.3 is 5.32 Å². The second-order valence-corrected chi connectivity index (χ2v) is 18.3. The molecule has 5 fully saturated rings. The predicted molar refractivity (Wildman–Crippen MR) is 173 cm³/mol. The summed E-state index contributed by atoms with van der Waals surface area (Å²) in [5.74, 6) is 0.794. The molecule has 234 valence electrons. The number of benzene rings is 2. The summed E-state index contributed by atoms with van der Waals surface area (Å²) in [6.07, 6.45) is 6.27. The SMILES string of the molecule is O=S1(=O)CC2(CC(Nc3nccc(-c4sc(C56CC(C5)C6)nc4-c4cccc(NS(=O)(=O)c5c(Cl)cccc5Cl)c4F)n3)C2)C1.